The second-order valence-corrected chi connectivity index (χ2v) is 7.76. The minimum absolute atomic E-state index is 0.102. The predicted molar refractivity (Wildman–Crippen MR) is 108 cm³/mol. The van der Waals surface area contributed by atoms with Crippen LogP contribution in [-0.4, -0.2) is 77.5 Å². The number of carbonyl (C=O) groups excluding carboxylic acids is 2. The Morgan fingerprint density at radius 3 is 2.41 bits per heavy atom. The van der Waals surface area contributed by atoms with Gasteiger partial charge < -0.3 is 14.7 Å². The summed E-state index contributed by atoms with van der Waals surface area (Å²) in [7, 11) is 0. The highest BCUT2D eigenvalue weighted by Gasteiger charge is 2.25. The average molecular weight is 397 g/mol. The number of aromatic nitrogens is 1. The van der Waals surface area contributed by atoms with Crippen LogP contribution in [0.15, 0.2) is 34.9 Å². The zero-order valence-corrected chi connectivity index (χ0v) is 16.8. The molecule has 154 valence electrons. The van der Waals surface area contributed by atoms with Crippen LogP contribution in [0.3, 0.4) is 0 Å². The molecule has 2 aliphatic rings. The molecular weight excluding hydrogens is 370 g/mol. The lowest BCUT2D eigenvalue weighted by molar-refractivity contribution is -0.134. The van der Waals surface area contributed by atoms with Crippen molar-refractivity contribution < 1.29 is 14.1 Å². The van der Waals surface area contributed by atoms with Gasteiger partial charge in [-0.1, -0.05) is 29.4 Å². The summed E-state index contributed by atoms with van der Waals surface area (Å²) >= 11 is 0. The second-order valence-electron chi connectivity index (χ2n) is 7.76. The summed E-state index contributed by atoms with van der Waals surface area (Å²) in [5, 5.41) is 6.52. The zero-order chi connectivity index (χ0) is 20.2. The van der Waals surface area contributed by atoms with Gasteiger partial charge in [-0.3, -0.25) is 19.4 Å². The van der Waals surface area contributed by atoms with Gasteiger partial charge in [0, 0.05) is 45.3 Å². The van der Waals surface area contributed by atoms with Crippen molar-refractivity contribution in [3.8, 4) is 0 Å². The van der Waals surface area contributed by atoms with Gasteiger partial charge in [0.15, 0.2) is 5.82 Å². The number of fused-ring (bicyclic) bond motifs is 1. The van der Waals surface area contributed by atoms with Crippen LogP contribution in [-0.2, 0) is 22.6 Å². The van der Waals surface area contributed by atoms with Gasteiger partial charge in [-0.2, -0.15) is 0 Å². The summed E-state index contributed by atoms with van der Waals surface area (Å²) in [4.78, 5) is 31.1. The Morgan fingerprint density at radius 1 is 1.03 bits per heavy atom. The maximum absolute atomic E-state index is 12.7. The Morgan fingerprint density at radius 2 is 1.72 bits per heavy atom. The number of carbonyl (C=O) groups is 2. The van der Waals surface area contributed by atoms with E-state index in [9.17, 15) is 9.59 Å². The van der Waals surface area contributed by atoms with Gasteiger partial charge >= 0.3 is 0 Å². The number of amides is 2. The molecule has 8 nitrogen and oxygen atoms in total. The van der Waals surface area contributed by atoms with Crippen molar-refractivity contribution in [2.75, 3.05) is 51.1 Å². The maximum Gasteiger partial charge on any atom is 0.239 e. The van der Waals surface area contributed by atoms with Gasteiger partial charge in [0.1, 0.15) is 5.76 Å². The topological polar surface area (TPSA) is 81.9 Å². The first-order valence-electron chi connectivity index (χ1n) is 10.1. The van der Waals surface area contributed by atoms with Gasteiger partial charge in [0.05, 0.1) is 13.1 Å². The van der Waals surface area contributed by atoms with E-state index in [4.69, 9.17) is 4.52 Å². The molecule has 1 aromatic carbocycles. The Hall–Kier alpha value is -2.71. The molecular formula is C21H27N5O3. The molecule has 0 atom stereocenters. The van der Waals surface area contributed by atoms with Crippen LogP contribution in [0.2, 0.25) is 0 Å². The molecule has 3 heterocycles. The lowest BCUT2D eigenvalue weighted by Crippen LogP contribution is -2.51. The molecule has 1 N–H and O–H groups in total. The van der Waals surface area contributed by atoms with Crippen LogP contribution in [0.25, 0.3) is 0 Å². The highest BCUT2D eigenvalue weighted by Crippen LogP contribution is 2.18. The van der Waals surface area contributed by atoms with Gasteiger partial charge in [-0.25, -0.2) is 0 Å². The SMILES string of the molecule is Cc1cc(NC(=O)CN2CCN(CC(=O)N3CCc4ccccc4C3)CC2)no1. The number of hydrogen-bond acceptors (Lipinski definition) is 6. The van der Waals surface area contributed by atoms with E-state index in [1.54, 1.807) is 13.0 Å². The number of nitrogens with zero attached hydrogens (tertiary/aromatic N) is 4. The van der Waals surface area contributed by atoms with Gasteiger partial charge in [0.2, 0.25) is 11.8 Å². The summed E-state index contributed by atoms with van der Waals surface area (Å²) in [5.41, 5.74) is 2.61. The zero-order valence-electron chi connectivity index (χ0n) is 16.8. The van der Waals surface area contributed by atoms with Crippen LogP contribution in [0, 0.1) is 6.92 Å². The first-order chi connectivity index (χ1) is 14.1. The average Bonchev–Trinajstić information content (AvgIpc) is 3.13. The molecule has 2 amide bonds. The fraction of sp³-hybridized carbons (Fsp3) is 0.476. The molecule has 1 aromatic heterocycles. The fourth-order valence-corrected chi connectivity index (χ4v) is 3.92. The number of benzene rings is 1. The largest absolute Gasteiger partial charge is 0.360 e. The first-order valence-corrected chi connectivity index (χ1v) is 10.1. The molecule has 0 spiro atoms. The van der Waals surface area contributed by atoms with E-state index in [1.807, 2.05) is 11.0 Å². The van der Waals surface area contributed by atoms with Gasteiger partial charge in [-0.05, 0) is 24.5 Å². The molecule has 2 aromatic rings. The Labute approximate surface area is 170 Å². The highest BCUT2D eigenvalue weighted by atomic mass is 16.5. The van der Waals surface area contributed by atoms with Crippen molar-refractivity contribution in [2.24, 2.45) is 0 Å². The van der Waals surface area contributed by atoms with Crippen LogP contribution in [0.4, 0.5) is 5.82 Å². The summed E-state index contributed by atoms with van der Waals surface area (Å²) in [6.45, 7) is 7.14. The van der Waals surface area contributed by atoms with E-state index in [1.165, 1.54) is 11.1 Å². The van der Waals surface area contributed by atoms with E-state index in [0.717, 1.165) is 39.1 Å². The van der Waals surface area contributed by atoms with E-state index in [0.29, 0.717) is 31.2 Å². The molecule has 29 heavy (non-hydrogen) atoms. The third-order valence-electron chi connectivity index (χ3n) is 5.57. The summed E-state index contributed by atoms with van der Waals surface area (Å²) < 4.78 is 4.95. The lowest BCUT2D eigenvalue weighted by atomic mass is 10.00. The Bertz CT molecular complexity index is 873. The maximum atomic E-state index is 12.7. The predicted octanol–water partition coefficient (Wildman–Crippen LogP) is 1.12. The quantitative estimate of drug-likeness (QED) is 0.814. The normalized spacial score (nSPS) is 17.8. The van der Waals surface area contributed by atoms with Gasteiger partial charge in [-0.15, -0.1) is 0 Å². The Kier molecular flexibility index (Phi) is 5.92. The number of anilines is 1. The number of rotatable bonds is 5. The number of piperazine rings is 1. The molecule has 8 heteroatoms. The summed E-state index contributed by atoms with van der Waals surface area (Å²) in [6.07, 6.45) is 0.926. The molecule has 2 aliphatic heterocycles. The van der Waals surface area contributed by atoms with E-state index in [2.05, 4.69) is 38.5 Å². The lowest BCUT2D eigenvalue weighted by Gasteiger charge is -2.36. The third-order valence-corrected chi connectivity index (χ3v) is 5.57. The van der Waals surface area contributed by atoms with Crippen LogP contribution in [0.1, 0.15) is 16.9 Å². The highest BCUT2D eigenvalue weighted by molar-refractivity contribution is 5.91. The molecule has 1 fully saturated rings. The molecule has 4 rings (SSSR count). The number of aryl methyl sites for hydroxylation is 1. The van der Waals surface area contributed by atoms with Crippen molar-refractivity contribution in [3.63, 3.8) is 0 Å². The van der Waals surface area contributed by atoms with E-state index in [-0.39, 0.29) is 11.8 Å². The molecule has 0 aliphatic carbocycles. The van der Waals surface area contributed by atoms with Crippen molar-refractivity contribution in [1.29, 1.82) is 0 Å². The fourth-order valence-electron chi connectivity index (χ4n) is 3.92. The number of hydrogen-bond donors (Lipinski definition) is 1. The van der Waals surface area contributed by atoms with Crippen molar-refractivity contribution in [1.82, 2.24) is 19.9 Å². The monoisotopic (exact) mass is 397 g/mol. The van der Waals surface area contributed by atoms with Crippen LogP contribution in [0.5, 0.6) is 0 Å². The second kappa shape index (κ2) is 8.75. The molecule has 0 radical (unpaired) electrons. The van der Waals surface area contributed by atoms with E-state index >= 15 is 0 Å². The smallest absolute Gasteiger partial charge is 0.239 e. The standard InChI is InChI=1S/C21H27N5O3/c1-16-12-19(23-29-16)22-20(27)14-24-8-10-25(11-9-24)15-21(28)26-7-6-17-4-2-3-5-18(17)13-26/h2-5,12H,6-11,13-15H2,1H3,(H,22,23,27). The van der Waals surface area contributed by atoms with Crippen LogP contribution < -0.4 is 5.32 Å². The number of nitrogens with one attached hydrogen (secondary N) is 1. The molecule has 0 unspecified atom stereocenters. The molecule has 1 saturated heterocycles. The Balaban J connectivity index is 1.20. The first kappa shape index (κ1) is 19.6. The minimum atomic E-state index is -0.102. The summed E-state index contributed by atoms with van der Waals surface area (Å²) in [5.74, 6) is 1.19. The third kappa shape index (κ3) is 5.02. The van der Waals surface area contributed by atoms with E-state index < -0.39 is 0 Å². The van der Waals surface area contributed by atoms with Crippen molar-refractivity contribution in [2.45, 2.75) is 19.9 Å². The van der Waals surface area contributed by atoms with Gasteiger partial charge in [0.25, 0.3) is 0 Å². The van der Waals surface area contributed by atoms with Crippen LogP contribution >= 0.6 is 0 Å². The summed E-state index contributed by atoms with van der Waals surface area (Å²) in [6, 6.07) is 10.0. The van der Waals surface area contributed by atoms with Crippen molar-refractivity contribution >= 4 is 17.6 Å². The minimum Gasteiger partial charge on any atom is -0.360 e. The molecule has 0 bridgehead atoms. The molecule has 0 saturated carbocycles. The van der Waals surface area contributed by atoms with Crippen molar-refractivity contribution in [3.05, 3.63) is 47.2 Å².